The van der Waals surface area contributed by atoms with Crippen molar-refractivity contribution in [3.8, 4) is 0 Å². The highest BCUT2D eigenvalue weighted by Gasteiger charge is 2.03. The predicted molar refractivity (Wildman–Crippen MR) is 57.1 cm³/mol. The SMILES string of the molecule is O=C(O)CCCCC(=O)NCCc1ncon1. The first-order valence-electron chi connectivity index (χ1n) is 5.42. The lowest BCUT2D eigenvalue weighted by atomic mass is 10.2. The number of carboxylic acids is 1. The Kier molecular flexibility index (Phi) is 5.70. The predicted octanol–water partition coefficient (Wildman–Crippen LogP) is 0.373. The summed E-state index contributed by atoms with van der Waals surface area (Å²) in [5.74, 6) is -0.363. The molecule has 94 valence electrons. The average molecular weight is 241 g/mol. The van der Waals surface area contributed by atoms with Crippen LogP contribution in [0.25, 0.3) is 0 Å². The zero-order valence-corrected chi connectivity index (χ0v) is 9.39. The molecule has 1 aromatic rings. The molecule has 7 nitrogen and oxygen atoms in total. The number of nitrogens with one attached hydrogen (secondary N) is 1. The van der Waals surface area contributed by atoms with E-state index in [9.17, 15) is 9.59 Å². The molecular weight excluding hydrogens is 226 g/mol. The summed E-state index contributed by atoms with van der Waals surface area (Å²) in [6.45, 7) is 0.456. The van der Waals surface area contributed by atoms with Gasteiger partial charge in [0.25, 0.3) is 0 Å². The van der Waals surface area contributed by atoms with Gasteiger partial charge < -0.3 is 14.9 Å². The molecule has 0 aliphatic carbocycles. The number of rotatable bonds is 8. The molecular formula is C10H15N3O4. The highest BCUT2D eigenvalue weighted by Crippen LogP contribution is 1.99. The number of nitrogens with zero attached hydrogens (tertiary/aromatic N) is 2. The van der Waals surface area contributed by atoms with E-state index in [2.05, 4.69) is 20.0 Å². The van der Waals surface area contributed by atoms with E-state index in [1.807, 2.05) is 0 Å². The number of aliphatic carboxylic acids is 1. The molecule has 0 aliphatic heterocycles. The van der Waals surface area contributed by atoms with E-state index >= 15 is 0 Å². The second kappa shape index (κ2) is 7.37. The molecule has 0 bridgehead atoms. The highest BCUT2D eigenvalue weighted by molar-refractivity contribution is 5.75. The van der Waals surface area contributed by atoms with E-state index in [1.54, 1.807) is 0 Å². The lowest BCUT2D eigenvalue weighted by molar-refractivity contribution is -0.137. The van der Waals surface area contributed by atoms with Crippen molar-refractivity contribution in [3.63, 3.8) is 0 Å². The third-order valence-electron chi connectivity index (χ3n) is 2.12. The zero-order valence-electron chi connectivity index (χ0n) is 9.39. The summed E-state index contributed by atoms with van der Waals surface area (Å²) in [4.78, 5) is 25.3. The van der Waals surface area contributed by atoms with Gasteiger partial charge in [-0.3, -0.25) is 9.59 Å². The van der Waals surface area contributed by atoms with E-state index in [1.165, 1.54) is 6.39 Å². The number of carbonyl (C=O) groups is 2. The normalized spacial score (nSPS) is 10.1. The molecule has 2 N–H and O–H groups in total. The van der Waals surface area contributed by atoms with Gasteiger partial charge in [-0.25, -0.2) is 0 Å². The summed E-state index contributed by atoms with van der Waals surface area (Å²) >= 11 is 0. The van der Waals surface area contributed by atoms with E-state index < -0.39 is 5.97 Å². The Morgan fingerprint density at radius 2 is 2.12 bits per heavy atom. The van der Waals surface area contributed by atoms with Crippen LogP contribution in [0.5, 0.6) is 0 Å². The van der Waals surface area contributed by atoms with Gasteiger partial charge >= 0.3 is 5.97 Å². The maximum absolute atomic E-state index is 11.3. The topological polar surface area (TPSA) is 105 Å². The fourth-order valence-corrected chi connectivity index (χ4v) is 1.27. The number of aromatic nitrogens is 2. The van der Waals surface area contributed by atoms with Crippen molar-refractivity contribution in [2.45, 2.75) is 32.1 Å². The Balaban J connectivity index is 1.99. The molecule has 1 rings (SSSR count). The quantitative estimate of drug-likeness (QED) is 0.637. The fourth-order valence-electron chi connectivity index (χ4n) is 1.27. The van der Waals surface area contributed by atoms with E-state index in [0.29, 0.717) is 38.1 Å². The molecule has 1 amide bonds. The lowest BCUT2D eigenvalue weighted by Gasteiger charge is -2.02. The minimum Gasteiger partial charge on any atom is -0.481 e. The van der Waals surface area contributed by atoms with Gasteiger partial charge in [-0.2, -0.15) is 4.98 Å². The number of unbranched alkanes of at least 4 members (excludes halogenated alkanes) is 1. The summed E-state index contributed by atoms with van der Waals surface area (Å²) in [7, 11) is 0. The first-order chi connectivity index (χ1) is 8.18. The average Bonchev–Trinajstić information content (AvgIpc) is 2.77. The number of carbonyl (C=O) groups excluding carboxylic acids is 1. The standard InChI is InChI=1S/C10H15N3O4/c14-9(3-1-2-4-10(15)16)11-6-5-8-12-7-17-13-8/h7H,1-6H2,(H,11,14)(H,15,16). The maximum atomic E-state index is 11.3. The highest BCUT2D eigenvalue weighted by atomic mass is 16.5. The second-order valence-electron chi connectivity index (χ2n) is 3.55. The molecule has 0 saturated heterocycles. The number of amides is 1. The smallest absolute Gasteiger partial charge is 0.303 e. The molecule has 0 aromatic carbocycles. The summed E-state index contributed by atoms with van der Waals surface area (Å²) in [5, 5.41) is 14.7. The molecule has 17 heavy (non-hydrogen) atoms. The van der Waals surface area contributed by atoms with Gasteiger partial charge in [0.15, 0.2) is 5.82 Å². The molecule has 0 fully saturated rings. The Bertz CT molecular complexity index is 350. The molecule has 0 saturated carbocycles. The van der Waals surface area contributed by atoms with Crippen LogP contribution in [0.1, 0.15) is 31.5 Å². The van der Waals surface area contributed by atoms with E-state index in [-0.39, 0.29) is 12.3 Å². The van der Waals surface area contributed by atoms with Crippen LogP contribution in [0.4, 0.5) is 0 Å². The van der Waals surface area contributed by atoms with Crippen molar-refractivity contribution in [1.82, 2.24) is 15.5 Å². The van der Waals surface area contributed by atoms with Crippen molar-refractivity contribution in [1.29, 1.82) is 0 Å². The molecule has 0 spiro atoms. The Hall–Kier alpha value is -1.92. The molecule has 7 heteroatoms. The lowest BCUT2D eigenvalue weighted by Crippen LogP contribution is -2.25. The van der Waals surface area contributed by atoms with Crippen LogP contribution in [0.2, 0.25) is 0 Å². The van der Waals surface area contributed by atoms with Gasteiger partial charge in [0.1, 0.15) is 0 Å². The Labute approximate surface area is 98.2 Å². The Morgan fingerprint density at radius 3 is 2.76 bits per heavy atom. The first kappa shape index (κ1) is 13.1. The van der Waals surface area contributed by atoms with Crippen LogP contribution in [0.15, 0.2) is 10.9 Å². The van der Waals surface area contributed by atoms with Gasteiger partial charge in [0.2, 0.25) is 12.3 Å². The molecule has 1 aromatic heterocycles. The van der Waals surface area contributed by atoms with Crippen molar-refractivity contribution in [2.75, 3.05) is 6.54 Å². The van der Waals surface area contributed by atoms with Crippen LogP contribution in [-0.4, -0.2) is 33.7 Å². The summed E-state index contributed by atoms with van der Waals surface area (Å²) < 4.78 is 4.54. The van der Waals surface area contributed by atoms with E-state index in [0.717, 1.165) is 0 Å². The summed E-state index contributed by atoms with van der Waals surface area (Å²) in [6, 6.07) is 0. The van der Waals surface area contributed by atoms with Gasteiger partial charge in [0, 0.05) is 25.8 Å². The van der Waals surface area contributed by atoms with Gasteiger partial charge in [-0.15, -0.1) is 0 Å². The second-order valence-corrected chi connectivity index (χ2v) is 3.55. The third kappa shape index (κ3) is 6.29. The molecule has 1 heterocycles. The largest absolute Gasteiger partial charge is 0.481 e. The molecule has 0 aliphatic rings. The summed E-state index contributed by atoms with van der Waals surface area (Å²) in [5.41, 5.74) is 0. The van der Waals surface area contributed by atoms with Crippen LogP contribution in [-0.2, 0) is 16.0 Å². The van der Waals surface area contributed by atoms with Crippen LogP contribution in [0, 0.1) is 0 Å². The van der Waals surface area contributed by atoms with Gasteiger partial charge in [-0.05, 0) is 12.8 Å². The first-order valence-corrected chi connectivity index (χ1v) is 5.42. The van der Waals surface area contributed by atoms with Gasteiger partial charge in [0.05, 0.1) is 0 Å². The van der Waals surface area contributed by atoms with E-state index in [4.69, 9.17) is 5.11 Å². The Morgan fingerprint density at radius 1 is 1.35 bits per heavy atom. The van der Waals surface area contributed by atoms with Crippen LogP contribution >= 0.6 is 0 Å². The van der Waals surface area contributed by atoms with Crippen molar-refractivity contribution in [3.05, 3.63) is 12.2 Å². The molecule has 0 radical (unpaired) electrons. The minimum absolute atomic E-state index is 0.0844. The molecule has 0 atom stereocenters. The fraction of sp³-hybridized carbons (Fsp3) is 0.600. The monoisotopic (exact) mass is 241 g/mol. The van der Waals surface area contributed by atoms with Crippen molar-refractivity contribution < 1.29 is 19.2 Å². The molecule has 0 unspecified atom stereocenters. The van der Waals surface area contributed by atoms with Crippen molar-refractivity contribution >= 4 is 11.9 Å². The third-order valence-corrected chi connectivity index (χ3v) is 2.12. The van der Waals surface area contributed by atoms with Crippen LogP contribution < -0.4 is 5.32 Å². The maximum Gasteiger partial charge on any atom is 0.303 e. The summed E-state index contributed by atoms with van der Waals surface area (Å²) in [6.07, 6.45) is 3.32. The number of hydrogen-bond donors (Lipinski definition) is 2. The van der Waals surface area contributed by atoms with Crippen molar-refractivity contribution in [2.24, 2.45) is 0 Å². The zero-order chi connectivity index (χ0) is 12.5. The van der Waals surface area contributed by atoms with Crippen LogP contribution in [0.3, 0.4) is 0 Å². The minimum atomic E-state index is -0.831. The number of carboxylic acid groups (broad SMARTS) is 1. The van der Waals surface area contributed by atoms with Gasteiger partial charge in [-0.1, -0.05) is 5.16 Å². The number of hydrogen-bond acceptors (Lipinski definition) is 5.